The number of carboxylic acid groups (broad SMARTS) is 1. The van der Waals surface area contributed by atoms with Crippen LogP contribution in [0.15, 0.2) is 30.3 Å². The molecule has 0 bridgehead atoms. The molecule has 8 nitrogen and oxygen atoms in total. The first kappa shape index (κ1) is 16.3. The number of benzene rings is 1. The molecule has 1 aromatic carbocycles. The lowest BCUT2D eigenvalue weighted by Crippen LogP contribution is -2.40. The van der Waals surface area contributed by atoms with Crippen molar-refractivity contribution in [3.8, 4) is 0 Å². The van der Waals surface area contributed by atoms with E-state index in [4.69, 9.17) is 10.2 Å². The zero-order valence-electron chi connectivity index (χ0n) is 10.9. The van der Waals surface area contributed by atoms with Crippen LogP contribution >= 0.6 is 0 Å². The second kappa shape index (κ2) is 7.75. The summed E-state index contributed by atoms with van der Waals surface area (Å²) in [6.45, 7) is -0.369. The number of carbonyl (C=O) groups excluding carboxylic acids is 1. The topological polar surface area (TPSA) is 130 Å². The van der Waals surface area contributed by atoms with Crippen LogP contribution in [0, 0.1) is 10.1 Å². The van der Waals surface area contributed by atoms with Crippen LogP contribution in [0.25, 0.3) is 6.08 Å². The van der Waals surface area contributed by atoms with Crippen molar-refractivity contribution in [3.05, 3.63) is 46.0 Å². The number of nitrogens with one attached hydrogen (secondary N) is 1. The van der Waals surface area contributed by atoms with E-state index in [0.717, 1.165) is 6.08 Å². The molecule has 0 radical (unpaired) electrons. The molecule has 0 aliphatic rings. The van der Waals surface area contributed by atoms with Crippen molar-refractivity contribution in [2.45, 2.75) is 12.5 Å². The van der Waals surface area contributed by atoms with Crippen LogP contribution in [0.5, 0.6) is 0 Å². The lowest BCUT2D eigenvalue weighted by molar-refractivity contribution is -0.384. The molecule has 1 amide bonds. The standard InChI is InChI=1S/C13H14N2O6/c16-7-6-11(13(18)19)14-12(17)5-4-9-2-1-3-10(8-9)15(20)21/h1-5,8,11,16H,6-7H2,(H,14,17)(H,18,19)/b5-4+. The number of aliphatic hydroxyl groups is 1. The predicted molar refractivity (Wildman–Crippen MR) is 73.4 cm³/mol. The van der Waals surface area contributed by atoms with Crippen molar-refractivity contribution in [2.75, 3.05) is 6.61 Å². The molecule has 0 aliphatic carbocycles. The van der Waals surface area contributed by atoms with Gasteiger partial charge >= 0.3 is 5.97 Å². The van der Waals surface area contributed by atoms with Gasteiger partial charge in [-0.25, -0.2) is 4.79 Å². The number of carboxylic acids is 1. The lowest BCUT2D eigenvalue weighted by Gasteiger charge is -2.11. The summed E-state index contributed by atoms with van der Waals surface area (Å²) in [5, 5.41) is 30.3. The van der Waals surface area contributed by atoms with Gasteiger partial charge < -0.3 is 15.5 Å². The summed E-state index contributed by atoms with van der Waals surface area (Å²) >= 11 is 0. The Morgan fingerprint density at radius 1 is 1.43 bits per heavy atom. The highest BCUT2D eigenvalue weighted by atomic mass is 16.6. The summed E-state index contributed by atoms with van der Waals surface area (Å²) < 4.78 is 0. The van der Waals surface area contributed by atoms with E-state index in [2.05, 4.69) is 5.32 Å². The molecule has 3 N–H and O–H groups in total. The minimum atomic E-state index is -1.25. The molecule has 1 atom stereocenters. The van der Waals surface area contributed by atoms with E-state index >= 15 is 0 Å². The van der Waals surface area contributed by atoms with E-state index < -0.39 is 22.8 Å². The van der Waals surface area contributed by atoms with E-state index in [0.29, 0.717) is 5.56 Å². The number of non-ortho nitro benzene ring substituents is 1. The van der Waals surface area contributed by atoms with Gasteiger partial charge in [-0.15, -0.1) is 0 Å². The number of carbonyl (C=O) groups is 2. The molecule has 0 aliphatic heterocycles. The zero-order valence-corrected chi connectivity index (χ0v) is 10.9. The molecule has 0 fully saturated rings. The SMILES string of the molecule is O=C(/C=C/c1cccc([N+](=O)[O-])c1)NC(CCO)C(=O)O. The molecule has 21 heavy (non-hydrogen) atoms. The fourth-order valence-corrected chi connectivity index (χ4v) is 1.52. The minimum Gasteiger partial charge on any atom is -0.480 e. The van der Waals surface area contributed by atoms with Crippen molar-refractivity contribution in [2.24, 2.45) is 0 Å². The number of amides is 1. The number of aliphatic hydroxyl groups excluding tert-OH is 1. The molecule has 1 rings (SSSR count). The number of nitro groups is 1. The molecule has 8 heteroatoms. The van der Waals surface area contributed by atoms with Gasteiger partial charge in [-0.05, 0) is 11.6 Å². The Bertz CT molecular complexity index is 570. The van der Waals surface area contributed by atoms with Crippen molar-refractivity contribution >= 4 is 23.6 Å². The number of nitro benzene ring substituents is 1. The van der Waals surface area contributed by atoms with Crippen LogP contribution in [0.1, 0.15) is 12.0 Å². The highest BCUT2D eigenvalue weighted by molar-refractivity contribution is 5.94. The first-order valence-corrected chi connectivity index (χ1v) is 6.00. The third-order valence-corrected chi connectivity index (χ3v) is 2.54. The van der Waals surface area contributed by atoms with Crippen LogP contribution in [-0.2, 0) is 9.59 Å². The monoisotopic (exact) mass is 294 g/mol. The van der Waals surface area contributed by atoms with Gasteiger partial charge in [-0.2, -0.15) is 0 Å². The Morgan fingerprint density at radius 3 is 2.71 bits per heavy atom. The average molecular weight is 294 g/mol. The van der Waals surface area contributed by atoms with Crippen LogP contribution in [0.3, 0.4) is 0 Å². The molecule has 1 unspecified atom stereocenters. The molecule has 112 valence electrons. The molecule has 0 saturated carbocycles. The molecule has 0 saturated heterocycles. The maximum absolute atomic E-state index is 11.5. The van der Waals surface area contributed by atoms with E-state index in [9.17, 15) is 19.7 Å². The fraction of sp³-hybridized carbons (Fsp3) is 0.231. The second-order valence-corrected chi connectivity index (χ2v) is 4.10. The van der Waals surface area contributed by atoms with Crippen molar-refractivity contribution in [1.82, 2.24) is 5.32 Å². The van der Waals surface area contributed by atoms with Gasteiger partial charge in [0, 0.05) is 31.2 Å². The van der Waals surface area contributed by atoms with Crippen molar-refractivity contribution < 1.29 is 24.7 Å². The van der Waals surface area contributed by atoms with E-state index in [1.807, 2.05) is 0 Å². The largest absolute Gasteiger partial charge is 0.480 e. The summed E-state index contributed by atoms with van der Waals surface area (Å²) in [7, 11) is 0. The maximum atomic E-state index is 11.5. The molecule has 0 heterocycles. The van der Waals surface area contributed by atoms with E-state index in [-0.39, 0.29) is 18.7 Å². The molecule has 1 aromatic rings. The van der Waals surface area contributed by atoms with E-state index in [1.165, 1.54) is 24.3 Å². The van der Waals surface area contributed by atoms with Gasteiger partial charge in [-0.1, -0.05) is 12.1 Å². The fourth-order valence-electron chi connectivity index (χ4n) is 1.52. The van der Waals surface area contributed by atoms with Gasteiger partial charge in [-0.3, -0.25) is 14.9 Å². The number of hydrogen-bond acceptors (Lipinski definition) is 5. The molecule has 0 aromatic heterocycles. The number of rotatable bonds is 7. The second-order valence-electron chi connectivity index (χ2n) is 4.10. The maximum Gasteiger partial charge on any atom is 0.326 e. The van der Waals surface area contributed by atoms with E-state index in [1.54, 1.807) is 6.07 Å². The summed E-state index contributed by atoms with van der Waals surface area (Å²) in [4.78, 5) is 32.4. The Labute approximate surface area is 119 Å². The highest BCUT2D eigenvalue weighted by Gasteiger charge is 2.17. The molecular formula is C13H14N2O6. The van der Waals surface area contributed by atoms with Crippen molar-refractivity contribution in [1.29, 1.82) is 0 Å². The Balaban J connectivity index is 2.71. The van der Waals surface area contributed by atoms with Crippen LogP contribution in [0.2, 0.25) is 0 Å². The third kappa shape index (κ3) is 5.41. The van der Waals surface area contributed by atoms with Crippen molar-refractivity contribution in [3.63, 3.8) is 0 Å². The van der Waals surface area contributed by atoms with Gasteiger partial charge in [0.2, 0.25) is 5.91 Å². The first-order chi connectivity index (χ1) is 9.93. The highest BCUT2D eigenvalue weighted by Crippen LogP contribution is 2.13. The Hall–Kier alpha value is -2.74. The van der Waals surface area contributed by atoms with Gasteiger partial charge in [0.15, 0.2) is 0 Å². The first-order valence-electron chi connectivity index (χ1n) is 6.00. The quantitative estimate of drug-likeness (QED) is 0.382. The Morgan fingerprint density at radius 2 is 2.14 bits per heavy atom. The van der Waals surface area contributed by atoms with Crippen LogP contribution < -0.4 is 5.32 Å². The van der Waals surface area contributed by atoms with Crippen LogP contribution in [0.4, 0.5) is 5.69 Å². The number of nitrogens with zero attached hydrogens (tertiary/aromatic N) is 1. The summed E-state index contributed by atoms with van der Waals surface area (Å²) in [5.41, 5.74) is 0.328. The van der Waals surface area contributed by atoms with Gasteiger partial charge in [0.1, 0.15) is 6.04 Å². The lowest BCUT2D eigenvalue weighted by atomic mass is 10.2. The normalized spacial score (nSPS) is 12.0. The number of aliphatic carboxylic acids is 1. The predicted octanol–water partition coefficient (Wildman–Crippen LogP) is 0.560. The summed E-state index contributed by atoms with van der Waals surface area (Å²) in [6.07, 6.45) is 2.30. The number of hydrogen-bond donors (Lipinski definition) is 3. The van der Waals surface area contributed by atoms with Gasteiger partial charge in [0.05, 0.1) is 4.92 Å². The third-order valence-electron chi connectivity index (χ3n) is 2.54. The smallest absolute Gasteiger partial charge is 0.326 e. The molecule has 0 spiro atoms. The Kier molecular flexibility index (Phi) is 6.02. The van der Waals surface area contributed by atoms with Crippen LogP contribution in [-0.4, -0.2) is 39.7 Å². The van der Waals surface area contributed by atoms with Gasteiger partial charge in [0.25, 0.3) is 5.69 Å². The average Bonchev–Trinajstić information content (AvgIpc) is 2.45. The minimum absolute atomic E-state index is 0.105. The summed E-state index contributed by atoms with van der Waals surface area (Å²) in [6, 6.07) is 4.46. The summed E-state index contributed by atoms with van der Waals surface area (Å²) in [5.74, 6) is -1.91. The zero-order chi connectivity index (χ0) is 15.8. The molecular weight excluding hydrogens is 280 g/mol.